The Morgan fingerprint density at radius 1 is 0.872 bits per heavy atom. The highest BCUT2D eigenvalue weighted by Crippen LogP contribution is 2.38. The zero-order valence-corrected chi connectivity index (χ0v) is 28.9. The molecule has 1 atom stereocenters. The van der Waals surface area contributed by atoms with E-state index in [2.05, 4.69) is 5.32 Å². The van der Waals surface area contributed by atoms with Gasteiger partial charge in [-0.15, -0.1) is 0 Å². The second-order valence-electron chi connectivity index (χ2n) is 11.2. The lowest BCUT2D eigenvalue weighted by atomic mass is 9.95. The molecule has 1 aliphatic rings. The van der Waals surface area contributed by atoms with E-state index in [1.165, 1.54) is 57.6 Å². The van der Waals surface area contributed by atoms with E-state index in [0.29, 0.717) is 22.1 Å². The molecule has 1 fully saturated rings. The smallest absolute Gasteiger partial charge is 0.265 e. The Morgan fingerprint density at radius 3 is 2.19 bits per heavy atom. The minimum atomic E-state index is -4.45. The van der Waals surface area contributed by atoms with Crippen LogP contribution in [0.1, 0.15) is 44.6 Å². The van der Waals surface area contributed by atoms with Gasteiger partial charge in [-0.3, -0.25) is 13.9 Å². The van der Waals surface area contributed by atoms with Crippen LogP contribution in [0.25, 0.3) is 0 Å². The molecule has 1 N–H and O–H groups in total. The number of nitrogens with zero attached hydrogens (tertiary/aromatic N) is 2. The Morgan fingerprint density at radius 2 is 1.55 bits per heavy atom. The summed E-state index contributed by atoms with van der Waals surface area (Å²) >= 11 is 6.26. The van der Waals surface area contributed by atoms with Crippen LogP contribution in [0, 0.1) is 0 Å². The van der Waals surface area contributed by atoms with Crippen LogP contribution in [-0.2, 0) is 26.2 Å². The minimum Gasteiger partial charge on any atom is -0.497 e. The molecule has 254 valence electrons. The van der Waals surface area contributed by atoms with E-state index in [1.807, 2.05) is 0 Å². The molecule has 2 amide bonds. The van der Waals surface area contributed by atoms with Gasteiger partial charge in [-0.25, -0.2) is 8.42 Å². The monoisotopic (exact) mass is 687 g/mol. The van der Waals surface area contributed by atoms with Crippen LogP contribution in [0.2, 0.25) is 5.02 Å². The normalized spacial score (nSPS) is 14.1. The lowest BCUT2D eigenvalue weighted by Crippen LogP contribution is -2.53. The number of sulfonamides is 1. The van der Waals surface area contributed by atoms with Gasteiger partial charge in [0.05, 0.1) is 39.0 Å². The molecule has 3 aromatic carbocycles. The lowest BCUT2D eigenvalue weighted by molar-refractivity contribution is -0.139. The van der Waals surface area contributed by atoms with Crippen molar-refractivity contribution in [1.82, 2.24) is 10.2 Å². The van der Waals surface area contributed by atoms with E-state index >= 15 is 0 Å². The largest absolute Gasteiger partial charge is 0.497 e. The van der Waals surface area contributed by atoms with E-state index in [4.69, 9.17) is 30.5 Å². The Hall–Kier alpha value is -4.16. The maximum Gasteiger partial charge on any atom is 0.265 e. The van der Waals surface area contributed by atoms with Gasteiger partial charge in [0.15, 0.2) is 11.5 Å². The Bertz CT molecular complexity index is 1660. The molecule has 0 heterocycles. The first-order chi connectivity index (χ1) is 22.5. The number of nitrogens with one attached hydrogen (secondary N) is 1. The van der Waals surface area contributed by atoms with E-state index in [1.54, 1.807) is 43.3 Å². The minimum absolute atomic E-state index is 0.0120. The summed E-state index contributed by atoms with van der Waals surface area (Å²) in [6.45, 7) is 0.986. The summed E-state index contributed by atoms with van der Waals surface area (Å²) in [5.41, 5.74) is 0.744. The molecule has 1 aliphatic carbocycles. The van der Waals surface area contributed by atoms with Gasteiger partial charge in [0, 0.05) is 29.7 Å². The van der Waals surface area contributed by atoms with Crippen molar-refractivity contribution in [3.05, 3.63) is 71.2 Å². The molecule has 0 aromatic heterocycles. The third-order valence-corrected chi connectivity index (χ3v) is 10.2. The first-order valence-electron chi connectivity index (χ1n) is 15.3. The summed E-state index contributed by atoms with van der Waals surface area (Å²) in [4.78, 5) is 29.2. The third kappa shape index (κ3) is 8.61. The van der Waals surface area contributed by atoms with Crippen molar-refractivity contribution in [1.29, 1.82) is 0 Å². The molecular formula is C34H42ClN3O8S. The Balaban J connectivity index is 1.78. The van der Waals surface area contributed by atoms with E-state index in [9.17, 15) is 18.0 Å². The standard InChI is InChI=1S/C34H42ClN3O8S/c1-23(34(40)36-26-12-7-6-8-13-26)37(21-24-10-9-11-25(35)18-24)33(39)22-38(29-19-27(43-2)14-16-30(29)44-3)47(41,42)28-15-17-31(45-4)32(20-28)46-5/h9-11,14-20,23,26H,6-8,12-13,21-22H2,1-5H3,(H,36,40)/t23-/m0/s1. The maximum absolute atomic E-state index is 14.5. The number of rotatable bonds is 14. The number of ether oxygens (including phenoxy) is 4. The highest BCUT2D eigenvalue weighted by atomic mass is 35.5. The molecule has 0 aliphatic heterocycles. The van der Waals surface area contributed by atoms with Gasteiger partial charge in [-0.05, 0) is 61.7 Å². The zero-order valence-electron chi connectivity index (χ0n) is 27.3. The topological polar surface area (TPSA) is 124 Å². The molecule has 3 aromatic rings. The van der Waals surface area contributed by atoms with E-state index in [-0.39, 0.29) is 40.6 Å². The van der Waals surface area contributed by atoms with Gasteiger partial charge >= 0.3 is 0 Å². The lowest BCUT2D eigenvalue weighted by Gasteiger charge is -2.33. The van der Waals surface area contributed by atoms with Crippen LogP contribution in [0.15, 0.2) is 65.6 Å². The second-order valence-corrected chi connectivity index (χ2v) is 13.5. The third-order valence-electron chi connectivity index (χ3n) is 8.24. The van der Waals surface area contributed by atoms with Crippen LogP contribution >= 0.6 is 11.6 Å². The molecule has 0 unspecified atom stereocenters. The number of anilines is 1. The van der Waals surface area contributed by atoms with Crippen molar-refractivity contribution in [3.63, 3.8) is 0 Å². The number of amides is 2. The van der Waals surface area contributed by atoms with E-state index in [0.717, 1.165) is 36.4 Å². The average Bonchev–Trinajstić information content (AvgIpc) is 3.08. The van der Waals surface area contributed by atoms with Gasteiger partial charge in [0.2, 0.25) is 11.8 Å². The molecular weight excluding hydrogens is 646 g/mol. The average molecular weight is 688 g/mol. The van der Waals surface area contributed by atoms with Gasteiger partial charge in [-0.1, -0.05) is 43.0 Å². The Kier molecular flexibility index (Phi) is 12.2. The fraction of sp³-hybridized carbons (Fsp3) is 0.412. The Labute approximate surface area is 281 Å². The summed E-state index contributed by atoms with van der Waals surface area (Å²) in [7, 11) is 1.23. The molecule has 4 rings (SSSR count). The molecule has 13 heteroatoms. The van der Waals surface area contributed by atoms with Crippen LogP contribution in [0.4, 0.5) is 5.69 Å². The number of carbonyl (C=O) groups is 2. The van der Waals surface area contributed by atoms with Gasteiger partial charge in [0.1, 0.15) is 24.1 Å². The SMILES string of the molecule is COc1ccc(OC)c(N(CC(=O)N(Cc2cccc(Cl)c2)[C@@H](C)C(=O)NC2CCCCC2)S(=O)(=O)c2ccc(OC)c(OC)c2)c1. The molecule has 0 spiro atoms. The molecule has 0 bridgehead atoms. The van der Waals surface area contributed by atoms with Gasteiger partial charge in [0.25, 0.3) is 10.0 Å². The fourth-order valence-electron chi connectivity index (χ4n) is 5.59. The van der Waals surface area contributed by atoms with Crippen molar-refractivity contribution in [3.8, 4) is 23.0 Å². The second kappa shape index (κ2) is 16.1. The zero-order chi connectivity index (χ0) is 34.1. The number of methoxy groups -OCH3 is 4. The summed E-state index contributed by atoms with van der Waals surface area (Å²) in [5.74, 6) is 0.112. The fourth-order valence-corrected chi connectivity index (χ4v) is 7.24. The first kappa shape index (κ1) is 35.7. The summed E-state index contributed by atoms with van der Waals surface area (Å²) in [5, 5.41) is 3.56. The highest BCUT2D eigenvalue weighted by Gasteiger charge is 2.35. The summed E-state index contributed by atoms with van der Waals surface area (Å²) in [6.07, 6.45) is 4.91. The van der Waals surface area contributed by atoms with Crippen molar-refractivity contribution in [2.45, 2.75) is 62.6 Å². The summed E-state index contributed by atoms with van der Waals surface area (Å²) in [6, 6.07) is 14.9. The van der Waals surface area contributed by atoms with Crippen molar-refractivity contribution in [2.24, 2.45) is 0 Å². The molecule has 0 radical (unpaired) electrons. The predicted molar refractivity (Wildman–Crippen MR) is 180 cm³/mol. The van der Waals surface area contributed by atoms with Crippen molar-refractivity contribution < 1.29 is 37.0 Å². The number of hydrogen-bond acceptors (Lipinski definition) is 8. The predicted octanol–water partition coefficient (Wildman–Crippen LogP) is 5.44. The van der Waals surface area contributed by atoms with Crippen molar-refractivity contribution >= 4 is 39.1 Å². The van der Waals surface area contributed by atoms with Gasteiger partial charge < -0.3 is 29.2 Å². The molecule has 47 heavy (non-hydrogen) atoms. The van der Waals surface area contributed by atoms with Crippen LogP contribution in [-0.4, -0.2) is 72.2 Å². The maximum atomic E-state index is 14.5. The first-order valence-corrected chi connectivity index (χ1v) is 17.1. The molecule has 1 saturated carbocycles. The van der Waals surface area contributed by atoms with Crippen molar-refractivity contribution in [2.75, 3.05) is 39.3 Å². The summed E-state index contributed by atoms with van der Waals surface area (Å²) < 4.78 is 51.5. The number of hydrogen-bond donors (Lipinski definition) is 1. The number of carbonyl (C=O) groups excluding carboxylic acids is 2. The quantitative estimate of drug-likeness (QED) is 0.238. The van der Waals surface area contributed by atoms with Crippen LogP contribution in [0.5, 0.6) is 23.0 Å². The van der Waals surface area contributed by atoms with Gasteiger partial charge in [-0.2, -0.15) is 0 Å². The number of halogens is 1. The van der Waals surface area contributed by atoms with E-state index < -0.39 is 28.5 Å². The molecule has 11 nitrogen and oxygen atoms in total. The van der Waals surface area contributed by atoms with Crippen LogP contribution < -0.4 is 28.6 Å². The molecule has 0 saturated heterocycles. The highest BCUT2D eigenvalue weighted by molar-refractivity contribution is 7.92. The number of benzene rings is 3. The van der Waals surface area contributed by atoms with Crippen LogP contribution in [0.3, 0.4) is 0 Å².